The molecular weight excluding hydrogens is 552 g/mol. The highest BCUT2D eigenvalue weighted by molar-refractivity contribution is 7.91. The second-order valence-electron chi connectivity index (χ2n) is 9.10. The molecule has 1 heterocycles. The molecule has 1 aliphatic rings. The smallest absolute Gasteiger partial charge is 0.237 e. The molecule has 38 heavy (non-hydrogen) atoms. The van der Waals surface area contributed by atoms with E-state index in [1.807, 2.05) is 0 Å². The average Bonchev–Trinajstić information content (AvgIpc) is 3.51. The lowest BCUT2D eigenvalue weighted by Gasteiger charge is -2.17. The van der Waals surface area contributed by atoms with Crippen molar-refractivity contribution in [2.24, 2.45) is 0 Å². The summed E-state index contributed by atoms with van der Waals surface area (Å²) in [5, 5.41) is 7.53. The summed E-state index contributed by atoms with van der Waals surface area (Å²) in [6.07, 6.45) is 1.45. The fraction of sp³-hybridized carbons (Fsp3) is 0.222. The molecule has 0 saturated heterocycles. The Kier molecular flexibility index (Phi) is 7.02. The molecule has 0 bridgehead atoms. The summed E-state index contributed by atoms with van der Waals surface area (Å²) < 4.78 is 42.8. The summed E-state index contributed by atoms with van der Waals surface area (Å²) in [6.45, 7) is 1.58. The van der Waals surface area contributed by atoms with Crippen LogP contribution < -0.4 is 5.32 Å². The fourth-order valence-electron chi connectivity index (χ4n) is 4.30. The molecule has 0 spiro atoms. The predicted octanol–water partition coefficient (Wildman–Crippen LogP) is 6.24. The van der Waals surface area contributed by atoms with Crippen LogP contribution in [0, 0.1) is 5.82 Å². The van der Waals surface area contributed by atoms with Gasteiger partial charge in [-0.05, 0) is 66.9 Å². The van der Waals surface area contributed by atoms with Crippen LogP contribution in [0.3, 0.4) is 0 Å². The van der Waals surface area contributed by atoms with E-state index >= 15 is 0 Å². The molecule has 1 N–H and O–H groups in total. The van der Waals surface area contributed by atoms with E-state index in [1.165, 1.54) is 24.3 Å². The minimum absolute atomic E-state index is 0.00748. The van der Waals surface area contributed by atoms with Gasteiger partial charge in [0.25, 0.3) is 0 Å². The first-order chi connectivity index (χ1) is 18.1. The van der Waals surface area contributed by atoms with Crippen molar-refractivity contribution in [1.29, 1.82) is 0 Å². The van der Waals surface area contributed by atoms with Gasteiger partial charge in [0.1, 0.15) is 5.82 Å². The molecule has 1 amide bonds. The number of hydrogen-bond donors (Lipinski definition) is 1. The summed E-state index contributed by atoms with van der Waals surface area (Å²) in [5.41, 5.74) is 1.71. The number of halogens is 3. The van der Waals surface area contributed by atoms with Gasteiger partial charge in [0.15, 0.2) is 9.84 Å². The van der Waals surface area contributed by atoms with Gasteiger partial charge >= 0.3 is 0 Å². The van der Waals surface area contributed by atoms with E-state index in [9.17, 15) is 17.6 Å². The van der Waals surface area contributed by atoms with Crippen molar-refractivity contribution >= 4 is 44.6 Å². The molecule has 1 aromatic heterocycles. The first-order valence-corrected chi connectivity index (χ1v) is 14.2. The van der Waals surface area contributed by atoms with E-state index in [1.54, 1.807) is 43.3 Å². The van der Waals surface area contributed by atoms with Crippen LogP contribution in [0.4, 0.5) is 10.1 Å². The number of hydrogen-bond acceptors (Lipinski definition) is 6. The molecule has 11 heteroatoms. The van der Waals surface area contributed by atoms with E-state index in [0.29, 0.717) is 57.0 Å². The van der Waals surface area contributed by atoms with Crippen LogP contribution in [-0.2, 0) is 26.5 Å². The van der Waals surface area contributed by atoms with Crippen molar-refractivity contribution in [3.05, 3.63) is 93.5 Å². The highest BCUT2D eigenvalue weighted by atomic mass is 35.5. The number of benzene rings is 3. The van der Waals surface area contributed by atoms with Crippen molar-refractivity contribution in [3.8, 4) is 11.4 Å². The number of sulfone groups is 1. The van der Waals surface area contributed by atoms with Crippen molar-refractivity contribution < 1.29 is 22.1 Å². The number of anilines is 1. The van der Waals surface area contributed by atoms with Crippen LogP contribution in [0.5, 0.6) is 0 Å². The summed E-state index contributed by atoms with van der Waals surface area (Å²) in [6, 6.07) is 15.3. The van der Waals surface area contributed by atoms with Crippen molar-refractivity contribution in [2.45, 2.75) is 36.5 Å². The minimum atomic E-state index is -3.31. The molecule has 1 fully saturated rings. The maximum atomic E-state index is 13.3. The van der Waals surface area contributed by atoms with Gasteiger partial charge in [-0.25, -0.2) is 12.8 Å². The van der Waals surface area contributed by atoms with Gasteiger partial charge in [-0.1, -0.05) is 47.4 Å². The second-order valence-corrected chi connectivity index (χ2v) is 12.2. The number of nitrogens with zero attached hydrogens (tertiary/aromatic N) is 2. The topological polar surface area (TPSA) is 102 Å². The summed E-state index contributed by atoms with van der Waals surface area (Å²) >= 11 is 13.3. The Bertz CT molecular complexity index is 1590. The Morgan fingerprint density at radius 2 is 1.68 bits per heavy atom. The molecule has 1 aliphatic carbocycles. The van der Waals surface area contributed by atoms with E-state index in [4.69, 9.17) is 27.7 Å². The fourth-order valence-corrected chi connectivity index (χ4v) is 6.04. The number of amides is 1. The highest BCUT2D eigenvalue weighted by Gasteiger charge is 2.53. The van der Waals surface area contributed by atoms with Crippen molar-refractivity contribution in [3.63, 3.8) is 0 Å². The number of nitrogens with one attached hydrogen (secondary N) is 1. The third-order valence-electron chi connectivity index (χ3n) is 6.52. The first kappa shape index (κ1) is 26.3. The Labute approximate surface area is 228 Å². The maximum Gasteiger partial charge on any atom is 0.237 e. The van der Waals surface area contributed by atoms with Gasteiger partial charge in [-0.3, -0.25) is 4.79 Å². The molecule has 7 nitrogen and oxygen atoms in total. The maximum absolute atomic E-state index is 13.3. The van der Waals surface area contributed by atoms with E-state index < -0.39 is 15.3 Å². The first-order valence-electron chi connectivity index (χ1n) is 11.8. The molecule has 0 unspecified atom stereocenters. The average molecular weight is 574 g/mol. The van der Waals surface area contributed by atoms with Crippen LogP contribution in [0.2, 0.25) is 10.0 Å². The van der Waals surface area contributed by atoms with Crippen LogP contribution in [-0.4, -0.2) is 30.2 Å². The molecule has 4 aromatic rings. The second kappa shape index (κ2) is 10.1. The lowest BCUT2D eigenvalue weighted by molar-refractivity contribution is -0.115. The number of aromatic nitrogens is 2. The molecule has 0 aliphatic heterocycles. The van der Waals surface area contributed by atoms with E-state index in [2.05, 4.69) is 15.5 Å². The molecule has 0 atom stereocenters. The molecule has 3 aromatic carbocycles. The van der Waals surface area contributed by atoms with Gasteiger partial charge in [0.05, 0.1) is 22.5 Å². The zero-order chi connectivity index (χ0) is 27.1. The Balaban J connectivity index is 1.32. The monoisotopic (exact) mass is 573 g/mol. The van der Waals surface area contributed by atoms with E-state index in [0.717, 1.165) is 0 Å². The van der Waals surface area contributed by atoms with Gasteiger partial charge in [-0.15, -0.1) is 0 Å². The van der Waals surface area contributed by atoms with Gasteiger partial charge in [0, 0.05) is 26.9 Å². The van der Waals surface area contributed by atoms with Crippen LogP contribution in [0.1, 0.15) is 36.8 Å². The van der Waals surface area contributed by atoms with Crippen molar-refractivity contribution in [1.82, 2.24) is 10.1 Å². The van der Waals surface area contributed by atoms with Crippen molar-refractivity contribution in [2.75, 3.05) is 11.1 Å². The van der Waals surface area contributed by atoms with E-state index in [-0.39, 0.29) is 28.8 Å². The Morgan fingerprint density at radius 3 is 2.26 bits per heavy atom. The lowest BCUT2D eigenvalue weighted by atomic mass is 9.95. The zero-order valence-electron chi connectivity index (χ0n) is 20.2. The normalized spacial score (nSPS) is 14.3. The highest BCUT2D eigenvalue weighted by Crippen LogP contribution is 2.57. The molecule has 196 valence electrons. The van der Waals surface area contributed by atoms with Crippen LogP contribution >= 0.6 is 23.2 Å². The van der Waals surface area contributed by atoms with Crippen LogP contribution in [0.25, 0.3) is 11.4 Å². The predicted molar refractivity (Wildman–Crippen MR) is 143 cm³/mol. The molecular formula is C27H22Cl2FN3O4S. The Hall–Kier alpha value is -3.27. The summed E-state index contributed by atoms with van der Waals surface area (Å²) in [7, 11) is -3.31. The zero-order valence-corrected chi connectivity index (χ0v) is 22.5. The summed E-state index contributed by atoms with van der Waals surface area (Å²) in [4.78, 5) is 17.4. The SMILES string of the molecule is CCS(=O)(=O)c1ccc(CC(=O)Nc2cc(Cl)c(C3(c4nc(-c5ccc(F)cc5)no4)CC3)c(Cl)c2)cc1. The third-order valence-corrected chi connectivity index (χ3v) is 8.87. The third kappa shape index (κ3) is 5.18. The van der Waals surface area contributed by atoms with Crippen LogP contribution in [0.15, 0.2) is 70.1 Å². The standard InChI is InChI=1S/C27H22Cl2FN3O4S/c1-2-38(35,36)20-9-3-16(4-10-20)13-23(34)31-19-14-21(28)24(22(29)15-19)27(11-12-27)26-32-25(33-37-26)17-5-7-18(30)8-6-17/h3-10,14-15H,2,11-13H2,1H3,(H,31,34). The van der Waals surface area contributed by atoms with Gasteiger partial charge in [-0.2, -0.15) is 4.98 Å². The molecule has 0 radical (unpaired) electrons. The Morgan fingerprint density at radius 1 is 1.05 bits per heavy atom. The number of carbonyl (C=O) groups excluding carboxylic acids is 1. The molecule has 5 rings (SSSR count). The quantitative estimate of drug-likeness (QED) is 0.268. The summed E-state index contributed by atoms with van der Waals surface area (Å²) in [5.74, 6) is 0.0434. The number of carbonyl (C=O) groups is 1. The van der Waals surface area contributed by atoms with Gasteiger partial charge < -0.3 is 9.84 Å². The number of rotatable bonds is 8. The lowest BCUT2D eigenvalue weighted by Crippen LogP contribution is -2.16. The molecule has 1 saturated carbocycles. The largest absolute Gasteiger partial charge is 0.338 e. The van der Waals surface area contributed by atoms with Gasteiger partial charge in [0.2, 0.25) is 17.6 Å². The minimum Gasteiger partial charge on any atom is -0.338 e.